The molecule has 2 unspecified atom stereocenters. The highest BCUT2D eigenvalue weighted by Crippen LogP contribution is 2.75. The molecule has 1 fully saturated rings. The summed E-state index contributed by atoms with van der Waals surface area (Å²) in [7, 11) is 1.51. The van der Waals surface area contributed by atoms with Crippen LogP contribution >= 0.6 is 23.5 Å². The minimum atomic E-state index is -5.56. The van der Waals surface area contributed by atoms with Crippen molar-refractivity contribution in [2.24, 2.45) is 0 Å². The topological polar surface area (TPSA) is 9.23 Å². The molecule has 1 nitrogen and oxygen atoms in total. The van der Waals surface area contributed by atoms with E-state index in [1.54, 1.807) is 68.4 Å². The maximum absolute atomic E-state index is 15.4. The summed E-state index contributed by atoms with van der Waals surface area (Å²) >= 11 is 2.49. The second-order valence-electron chi connectivity index (χ2n) is 9.68. The molecule has 0 radical (unpaired) electrons. The van der Waals surface area contributed by atoms with Crippen LogP contribution in [0.2, 0.25) is 0 Å². The molecule has 0 amide bonds. The number of fused-ring (bicyclic) bond motifs is 4. The van der Waals surface area contributed by atoms with Crippen molar-refractivity contribution < 1.29 is 31.1 Å². The predicted octanol–water partition coefficient (Wildman–Crippen LogP) is 8.61. The average molecular weight is 551 g/mol. The van der Waals surface area contributed by atoms with Crippen molar-refractivity contribution in [2.75, 3.05) is 7.11 Å². The number of hydrogen-bond donors (Lipinski definition) is 0. The summed E-state index contributed by atoms with van der Waals surface area (Å²) in [6.07, 6.45) is 2.78. The fraction of sp³-hybridized carbons (Fsp3) is 0.286. The zero-order valence-corrected chi connectivity index (χ0v) is 21.5. The summed E-state index contributed by atoms with van der Waals surface area (Å²) in [5.74, 6) is -15.1. The first-order valence-corrected chi connectivity index (χ1v) is 13.1. The van der Waals surface area contributed by atoms with Crippen molar-refractivity contribution in [3.8, 4) is 5.75 Å². The molecular formula is C28H20F6OS2. The second-order valence-corrected chi connectivity index (χ2v) is 12.6. The lowest BCUT2D eigenvalue weighted by molar-refractivity contribution is -0.258. The van der Waals surface area contributed by atoms with Gasteiger partial charge in [-0.15, -0.1) is 23.5 Å². The molecule has 2 aliphatic heterocycles. The number of ether oxygens (including phenoxy) is 1. The van der Waals surface area contributed by atoms with Crippen molar-refractivity contribution in [2.45, 2.75) is 41.1 Å². The van der Waals surface area contributed by atoms with Gasteiger partial charge in [-0.2, -0.15) is 26.3 Å². The van der Waals surface area contributed by atoms with Gasteiger partial charge in [0.05, 0.1) is 16.6 Å². The van der Waals surface area contributed by atoms with Crippen molar-refractivity contribution in [1.29, 1.82) is 0 Å². The van der Waals surface area contributed by atoms with Crippen LogP contribution in [0.4, 0.5) is 26.3 Å². The summed E-state index contributed by atoms with van der Waals surface area (Å²) < 4.78 is 94.0. The zero-order chi connectivity index (χ0) is 26.6. The number of rotatable bonds is 3. The van der Waals surface area contributed by atoms with E-state index in [-0.39, 0.29) is 11.1 Å². The van der Waals surface area contributed by atoms with Crippen molar-refractivity contribution in [1.82, 2.24) is 0 Å². The number of thioether (sulfide) groups is 2. The third-order valence-electron chi connectivity index (χ3n) is 7.76. The van der Waals surface area contributed by atoms with Crippen LogP contribution in [0, 0.1) is 0 Å². The van der Waals surface area contributed by atoms with Crippen LogP contribution in [-0.4, -0.2) is 34.4 Å². The fourth-order valence-corrected chi connectivity index (χ4v) is 8.69. The molecule has 0 aromatic heterocycles. The standard InChI is InChI=1S/C28H20F6OS2/c1-24-18(13-20(36-24)15-7-5-4-6-8-15)22-23(27(31,32)28(33,34)26(22,29)30)19-14-21(37-25(19,24)2)16-9-11-17(35-3)12-10-16/h4-14H,1-3H3. The lowest BCUT2D eigenvalue weighted by atomic mass is 9.71. The van der Waals surface area contributed by atoms with E-state index < -0.39 is 38.4 Å². The molecule has 1 saturated carbocycles. The Bertz CT molecular complexity index is 1460. The largest absolute Gasteiger partial charge is 0.497 e. The summed E-state index contributed by atoms with van der Waals surface area (Å²) in [5, 5.41) is 0. The monoisotopic (exact) mass is 550 g/mol. The number of methoxy groups -OCH3 is 1. The molecule has 2 aromatic carbocycles. The Balaban J connectivity index is 1.63. The highest BCUT2D eigenvalue weighted by atomic mass is 32.2. The normalized spacial score (nSPS) is 30.5. The number of halogens is 6. The Hall–Kier alpha value is -2.52. The minimum absolute atomic E-state index is 0.170. The Morgan fingerprint density at radius 3 is 1.49 bits per heavy atom. The van der Waals surface area contributed by atoms with Gasteiger partial charge in [-0.25, -0.2) is 0 Å². The Kier molecular flexibility index (Phi) is 5.05. The third-order valence-corrected chi connectivity index (χ3v) is 11.1. The van der Waals surface area contributed by atoms with Gasteiger partial charge in [-0.05, 0) is 60.4 Å². The zero-order valence-electron chi connectivity index (χ0n) is 19.8. The van der Waals surface area contributed by atoms with Gasteiger partial charge in [0, 0.05) is 21.0 Å². The van der Waals surface area contributed by atoms with Gasteiger partial charge in [-0.3, -0.25) is 0 Å². The Labute approximate surface area is 218 Å². The first-order chi connectivity index (χ1) is 17.3. The maximum Gasteiger partial charge on any atom is 0.380 e. The maximum atomic E-state index is 15.4. The molecule has 0 saturated heterocycles. The van der Waals surface area contributed by atoms with Gasteiger partial charge in [0.1, 0.15) is 5.75 Å². The number of benzene rings is 2. The highest BCUT2D eigenvalue weighted by molar-refractivity contribution is 8.14. The van der Waals surface area contributed by atoms with E-state index in [4.69, 9.17) is 4.74 Å². The summed E-state index contributed by atoms with van der Waals surface area (Å²) in [4.78, 5) is 1.11. The third kappa shape index (κ3) is 2.93. The van der Waals surface area contributed by atoms with Gasteiger partial charge in [-0.1, -0.05) is 42.5 Å². The smallest absolute Gasteiger partial charge is 0.380 e. The van der Waals surface area contributed by atoms with Crippen LogP contribution in [0.5, 0.6) is 5.75 Å². The predicted molar refractivity (Wildman–Crippen MR) is 136 cm³/mol. The van der Waals surface area contributed by atoms with Crippen molar-refractivity contribution >= 4 is 33.3 Å². The summed E-state index contributed by atoms with van der Waals surface area (Å²) in [5.41, 5.74) is -1.49. The number of allylic oxidation sites excluding steroid dienone is 4. The highest BCUT2D eigenvalue weighted by Gasteiger charge is 2.84. The van der Waals surface area contributed by atoms with Crippen molar-refractivity contribution in [3.63, 3.8) is 0 Å². The number of hydrogen-bond acceptors (Lipinski definition) is 3. The molecule has 6 rings (SSSR count). The second kappa shape index (κ2) is 7.53. The molecule has 2 atom stereocenters. The molecule has 0 bridgehead atoms. The lowest BCUT2D eigenvalue weighted by Gasteiger charge is -2.47. The van der Waals surface area contributed by atoms with E-state index in [0.717, 1.165) is 0 Å². The fourth-order valence-electron chi connectivity index (χ4n) is 5.55. The lowest BCUT2D eigenvalue weighted by Crippen LogP contribution is -2.48. The average Bonchev–Trinajstić information content (AvgIpc) is 3.44. The van der Waals surface area contributed by atoms with Gasteiger partial charge >= 0.3 is 17.8 Å². The molecule has 192 valence electrons. The van der Waals surface area contributed by atoms with Crippen LogP contribution in [0.3, 0.4) is 0 Å². The molecular weight excluding hydrogens is 530 g/mol. The summed E-state index contributed by atoms with van der Waals surface area (Å²) in [6, 6.07) is 15.7. The van der Waals surface area contributed by atoms with E-state index >= 15 is 17.6 Å². The Morgan fingerprint density at radius 2 is 1.05 bits per heavy atom. The van der Waals surface area contributed by atoms with Crippen LogP contribution in [0.1, 0.15) is 25.0 Å². The number of alkyl halides is 6. The quantitative estimate of drug-likeness (QED) is 0.354. The van der Waals surface area contributed by atoms with Gasteiger partial charge in [0.25, 0.3) is 0 Å². The molecule has 2 aromatic rings. The molecule has 4 aliphatic rings. The van der Waals surface area contributed by atoms with Gasteiger partial charge in [0.2, 0.25) is 0 Å². The minimum Gasteiger partial charge on any atom is -0.497 e. The van der Waals surface area contributed by atoms with E-state index in [1.807, 2.05) is 0 Å². The van der Waals surface area contributed by atoms with Gasteiger partial charge in [0.15, 0.2) is 0 Å². The van der Waals surface area contributed by atoms with Gasteiger partial charge < -0.3 is 4.74 Å². The molecule has 2 heterocycles. The van der Waals surface area contributed by atoms with Crippen LogP contribution in [0.15, 0.2) is 89.0 Å². The van der Waals surface area contributed by atoms with Crippen LogP contribution in [0.25, 0.3) is 9.81 Å². The molecule has 0 N–H and O–H groups in total. The summed E-state index contributed by atoms with van der Waals surface area (Å²) in [6.45, 7) is 3.37. The molecule has 9 heteroatoms. The molecule has 2 aliphatic carbocycles. The van der Waals surface area contributed by atoms with E-state index in [1.165, 1.54) is 42.8 Å². The van der Waals surface area contributed by atoms with Crippen LogP contribution < -0.4 is 4.74 Å². The van der Waals surface area contributed by atoms with Crippen molar-refractivity contribution in [3.05, 3.63) is 100 Å². The Morgan fingerprint density at radius 1 is 0.622 bits per heavy atom. The van der Waals surface area contributed by atoms with E-state index in [2.05, 4.69) is 0 Å². The molecule has 37 heavy (non-hydrogen) atoms. The van der Waals surface area contributed by atoms with Crippen LogP contribution in [-0.2, 0) is 0 Å². The SMILES string of the molecule is COc1ccc(C2=CC3=C4C(=C5C=C(c6ccccc6)SC5(C)C3(C)S2)C(F)(F)C(F)(F)C4(F)F)cc1. The first-order valence-electron chi connectivity index (χ1n) is 11.4. The first kappa shape index (κ1) is 24.8. The van der Waals surface area contributed by atoms with E-state index in [0.29, 0.717) is 26.7 Å². The molecule has 0 spiro atoms. The van der Waals surface area contributed by atoms with E-state index in [9.17, 15) is 8.78 Å².